The molecule has 0 bridgehead atoms. The zero-order valence-corrected chi connectivity index (χ0v) is 6.93. The first-order valence-electron chi connectivity index (χ1n) is 3.89. The molecule has 1 rings (SSSR count). The van der Waals surface area contributed by atoms with Crippen molar-refractivity contribution in [1.29, 1.82) is 0 Å². The average molecular weight is 183 g/mol. The van der Waals surface area contributed by atoms with Gasteiger partial charge in [-0.15, -0.1) is 6.58 Å². The normalized spacial score (nSPS) is 27.7. The van der Waals surface area contributed by atoms with E-state index in [9.17, 15) is 19.7 Å². The highest BCUT2D eigenvalue weighted by Crippen LogP contribution is 2.25. The Morgan fingerprint density at radius 1 is 1.62 bits per heavy atom. The van der Waals surface area contributed by atoms with Crippen LogP contribution < -0.4 is 0 Å². The van der Waals surface area contributed by atoms with Crippen LogP contribution in [0.1, 0.15) is 12.8 Å². The number of carbonyl (C=O) groups is 2. The number of allylic oxidation sites excluding steroid dienone is 1. The van der Waals surface area contributed by atoms with Crippen LogP contribution in [0, 0.1) is 16.0 Å². The Bertz CT molecular complexity index is 284. The van der Waals surface area contributed by atoms with Crippen LogP contribution in [0.15, 0.2) is 12.7 Å². The number of nitrogens with zero attached hydrogens (tertiary/aromatic N) is 1. The van der Waals surface area contributed by atoms with Crippen molar-refractivity contribution in [1.82, 2.24) is 0 Å². The Balaban J connectivity index is 2.86. The van der Waals surface area contributed by atoms with E-state index >= 15 is 0 Å². The molecule has 70 valence electrons. The molecular formula is C8H9NO4. The van der Waals surface area contributed by atoms with Gasteiger partial charge in [-0.05, 0) is 6.42 Å². The summed E-state index contributed by atoms with van der Waals surface area (Å²) >= 11 is 0. The summed E-state index contributed by atoms with van der Waals surface area (Å²) in [6.07, 6.45) is 1.81. The van der Waals surface area contributed by atoms with E-state index < -0.39 is 28.4 Å². The minimum Gasteiger partial charge on any atom is -0.291 e. The van der Waals surface area contributed by atoms with E-state index in [0.717, 1.165) is 0 Å². The van der Waals surface area contributed by atoms with Gasteiger partial charge in [0, 0.05) is 17.3 Å². The second-order valence-electron chi connectivity index (χ2n) is 3.01. The predicted molar refractivity (Wildman–Crippen MR) is 43.7 cm³/mol. The lowest BCUT2D eigenvalue weighted by Crippen LogP contribution is -2.31. The SMILES string of the molecule is C=CCC1CC(=O)C(=O)C1[N+](=O)[O-]. The summed E-state index contributed by atoms with van der Waals surface area (Å²) in [5.41, 5.74) is 0. The van der Waals surface area contributed by atoms with Crippen LogP contribution in [0.3, 0.4) is 0 Å². The minimum atomic E-state index is -1.34. The highest BCUT2D eigenvalue weighted by molar-refractivity contribution is 6.41. The molecule has 2 atom stereocenters. The average Bonchev–Trinajstić information content (AvgIpc) is 2.28. The lowest BCUT2D eigenvalue weighted by atomic mass is 10.0. The number of hydrogen-bond donors (Lipinski definition) is 0. The molecular weight excluding hydrogens is 174 g/mol. The van der Waals surface area contributed by atoms with Crippen molar-refractivity contribution in [2.24, 2.45) is 5.92 Å². The van der Waals surface area contributed by atoms with Crippen molar-refractivity contribution in [2.45, 2.75) is 18.9 Å². The maximum atomic E-state index is 11.0. The zero-order chi connectivity index (χ0) is 10.0. The van der Waals surface area contributed by atoms with E-state index in [0.29, 0.717) is 6.42 Å². The summed E-state index contributed by atoms with van der Waals surface area (Å²) in [5, 5.41) is 10.4. The molecule has 0 aliphatic heterocycles. The highest BCUT2D eigenvalue weighted by Gasteiger charge is 2.48. The maximum Gasteiger partial charge on any atom is 0.281 e. The van der Waals surface area contributed by atoms with Crippen molar-refractivity contribution in [2.75, 3.05) is 0 Å². The Labute approximate surface area is 74.6 Å². The molecule has 0 heterocycles. The van der Waals surface area contributed by atoms with Crippen LogP contribution in [0.2, 0.25) is 0 Å². The van der Waals surface area contributed by atoms with Gasteiger partial charge in [-0.1, -0.05) is 6.08 Å². The lowest BCUT2D eigenvalue weighted by molar-refractivity contribution is -0.513. The summed E-state index contributed by atoms with van der Waals surface area (Å²) in [5.74, 6) is -1.99. The van der Waals surface area contributed by atoms with E-state index in [-0.39, 0.29) is 6.42 Å². The van der Waals surface area contributed by atoms with E-state index in [2.05, 4.69) is 6.58 Å². The first-order chi connectivity index (χ1) is 6.07. The van der Waals surface area contributed by atoms with Gasteiger partial charge in [-0.25, -0.2) is 0 Å². The van der Waals surface area contributed by atoms with Crippen molar-refractivity contribution in [3.8, 4) is 0 Å². The summed E-state index contributed by atoms with van der Waals surface area (Å²) in [6, 6.07) is -1.34. The molecule has 13 heavy (non-hydrogen) atoms. The van der Waals surface area contributed by atoms with E-state index in [1.54, 1.807) is 0 Å². The molecule has 0 spiro atoms. The third kappa shape index (κ3) is 1.63. The third-order valence-corrected chi connectivity index (χ3v) is 2.13. The molecule has 0 aromatic heterocycles. The van der Waals surface area contributed by atoms with Gasteiger partial charge in [-0.3, -0.25) is 19.7 Å². The van der Waals surface area contributed by atoms with Gasteiger partial charge >= 0.3 is 0 Å². The van der Waals surface area contributed by atoms with Crippen molar-refractivity contribution < 1.29 is 14.5 Å². The van der Waals surface area contributed by atoms with Crippen molar-refractivity contribution in [3.05, 3.63) is 22.8 Å². The van der Waals surface area contributed by atoms with E-state index in [1.165, 1.54) is 6.08 Å². The smallest absolute Gasteiger partial charge is 0.281 e. The number of rotatable bonds is 3. The summed E-state index contributed by atoms with van der Waals surface area (Å²) in [7, 11) is 0. The molecule has 0 N–H and O–H groups in total. The molecule has 0 aromatic rings. The summed E-state index contributed by atoms with van der Waals surface area (Å²) in [6.45, 7) is 3.42. The van der Waals surface area contributed by atoms with Crippen LogP contribution >= 0.6 is 0 Å². The van der Waals surface area contributed by atoms with Crippen molar-refractivity contribution >= 4 is 11.6 Å². The molecule has 1 aliphatic rings. The first kappa shape index (κ1) is 9.57. The fourth-order valence-electron chi connectivity index (χ4n) is 1.52. The number of carbonyl (C=O) groups excluding carboxylic acids is 2. The molecule has 1 aliphatic carbocycles. The fraction of sp³-hybridized carbons (Fsp3) is 0.500. The Morgan fingerprint density at radius 2 is 2.23 bits per heavy atom. The molecule has 2 unspecified atom stereocenters. The lowest BCUT2D eigenvalue weighted by Gasteiger charge is -2.06. The Kier molecular flexibility index (Phi) is 2.55. The standard InChI is InChI=1S/C8H9NO4/c1-2-3-5-4-6(10)8(11)7(5)9(12)13/h2,5,7H,1,3-4H2. The molecule has 0 aromatic carbocycles. The van der Waals surface area contributed by atoms with E-state index in [1.807, 2.05) is 0 Å². The third-order valence-electron chi connectivity index (χ3n) is 2.13. The van der Waals surface area contributed by atoms with Crippen LogP contribution in [-0.4, -0.2) is 22.5 Å². The van der Waals surface area contributed by atoms with Gasteiger partial charge in [0.1, 0.15) is 0 Å². The second-order valence-corrected chi connectivity index (χ2v) is 3.01. The zero-order valence-electron chi connectivity index (χ0n) is 6.93. The molecule has 5 nitrogen and oxygen atoms in total. The maximum absolute atomic E-state index is 11.0. The number of Topliss-reactive ketones (excluding diaryl/α,β-unsaturated/α-hetero) is 2. The Morgan fingerprint density at radius 3 is 2.69 bits per heavy atom. The van der Waals surface area contributed by atoms with Gasteiger partial charge in [0.25, 0.3) is 11.8 Å². The van der Waals surface area contributed by atoms with Gasteiger partial charge in [0.05, 0.1) is 0 Å². The predicted octanol–water partition coefficient (Wildman–Crippen LogP) is 0.366. The minimum absolute atomic E-state index is 0.0174. The second kappa shape index (κ2) is 3.47. The molecule has 0 amide bonds. The quantitative estimate of drug-likeness (QED) is 0.274. The van der Waals surface area contributed by atoms with Crippen LogP contribution in [-0.2, 0) is 9.59 Å². The van der Waals surface area contributed by atoms with Gasteiger partial charge < -0.3 is 0 Å². The molecule has 0 saturated heterocycles. The number of hydrogen-bond acceptors (Lipinski definition) is 4. The molecule has 5 heteroatoms. The van der Waals surface area contributed by atoms with Gasteiger partial charge in [0.2, 0.25) is 5.78 Å². The number of ketones is 2. The molecule has 1 fully saturated rings. The summed E-state index contributed by atoms with van der Waals surface area (Å²) < 4.78 is 0. The van der Waals surface area contributed by atoms with E-state index in [4.69, 9.17) is 0 Å². The molecule has 1 saturated carbocycles. The van der Waals surface area contributed by atoms with Crippen LogP contribution in [0.4, 0.5) is 0 Å². The van der Waals surface area contributed by atoms with Crippen molar-refractivity contribution in [3.63, 3.8) is 0 Å². The highest BCUT2D eigenvalue weighted by atomic mass is 16.6. The number of nitro groups is 1. The first-order valence-corrected chi connectivity index (χ1v) is 3.89. The van der Waals surface area contributed by atoms with Crippen LogP contribution in [0.5, 0.6) is 0 Å². The largest absolute Gasteiger partial charge is 0.291 e. The van der Waals surface area contributed by atoms with Gasteiger partial charge in [-0.2, -0.15) is 0 Å². The van der Waals surface area contributed by atoms with Crippen LogP contribution in [0.25, 0.3) is 0 Å². The molecule has 0 radical (unpaired) electrons. The Hall–Kier alpha value is -1.52. The fourth-order valence-corrected chi connectivity index (χ4v) is 1.52. The monoisotopic (exact) mass is 183 g/mol. The topological polar surface area (TPSA) is 77.3 Å². The van der Waals surface area contributed by atoms with Gasteiger partial charge in [0.15, 0.2) is 0 Å². The summed E-state index contributed by atoms with van der Waals surface area (Å²) in [4.78, 5) is 31.7.